The lowest BCUT2D eigenvalue weighted by Gasteiger charge is -2.36. The van der Waals surface area contributed by atoms with E-state index in [4.69, 9.17) is 23.2 Å². The highest BCUT2D eigenvalue weighted by Crippen LogP contribution is 2.20. The number of hydrogen-bond acceptors (Lipinski definition) is 4. The number of rotatable bonds is 4. The first-order valence-electron chi connectivity index (χ1n) is 9.62. The third-order valence-corrected chi connectivity index (χ3v) is 5.60. The molecule has 1 aliphatic heterocycles. The lowest BCUT2D eigenvalue weighted by Crippen LogP contribution is -2.51. The molecule has 0 radical (unpaired) electrons. The molecule has 2 amide bonds. The van der Waals surface area contributed by atoms with E-state index in [-0.39, 0.29) is 18.4 Å². The van der Waals surface area contributed by atoms with Gasteiger partial charge in [-0.05, 0) is 54.6 Å². The molecule has 2 heterocycles. The van der Waals surface area contributed by atoms with Gasteiger partial charge in [0.2, 0.25) is 5.91 Å². The summed E-state index contributed by atoms with van der Waals surface area (Å²) in [5.41, 5.74) is 2.28. The SMILES string of the molecule is O=C(NCC(=O)N1CCN(c2ccc(Cl)cc2)CC1)c1ccc2nc(Cl)ccc2c1. The number of piperazine rings is 1. The third kappa shape index (κ3) is 4.66. The zero-order valence-electron chi connectivity index (χ0n) is 16.1. The van der Waals surface area contributed by atoms with Crippen LogP contribution < -0.4 is 10.2 Å². The van der Waals surface area contributed by atoms with E-state index in [1.54, 1.807) is 29.2 Å². The summed E-state index contributed by atoms with van der Waals surface area (Å²) in [5, 5.41) is 4.64. The Bertz CT molecular complexity index is 1080. The molecule has 0 spiro atoms. The average Bonchev–Trinajstić information content (AvgIpc) is 2.77. The molecule has 3 aromatic rings. The van der Waals surface area contributed by atoms with Crippen molar-refractivity contribution in [2.75, 3.05) is 37.6 Å². The Hall–Kier alpha value is -2.83. The molecule has 30 heavy (non-hydrogen) atoms. The second-order valence-corrected chi connectivity index (χ2v) is 7.89. The van der Waals surface area contributed by atoms with Crippen LogP contribution in [-0.2, 0) is 4.79 Å². The summed E-state index contributed by atoms with van der Waals surface area (Å²) in [5.74, 6) is -0.381. The van der Waals surface area contributed by atoms with Crippen molar-refractivity contribution in [3.05, 3.63) is 70.3 Å². The van der Waals surface area contributed by atoms with Gasteiger partial charge in [0.1, 0.15) is 5.15 Å². The molecule has 6 nitrogen and oxygen atoms in total. The van der Waals surface area contributed by atoms with Crippen molar-refractivity contribution in [3.8, 4) is 0 Å². The molecule has 1 fully saturated rings. The first kappa shape index (κ1) is 20.4. The fourth-order valence-electron chi connectivity index (χ4n) is 3.48. The van der Waals surface area contributed by atoms with Gasteiger partial charge in [-0.2, -0.15) is 0 Å². The van der Waals surface area contributed by atoms with Crippen molar-refractivity contribution in [3.63, 3.8) is 0 Å². The van der Waals surface area contributed by atoms with Gasteiger partial charge >= 0.3 is 0 Å². The van der Waals surface area contributed by atoms with Gasteiger partial charge in [0.15, 0.2) is 0 Å². The van der Waals surface area contributed by atoms with Crippen LogP contribution in [-0.4, -0.2) is 54.4 Å². The Labute approximate surface area is 184 Å². The maximum absolute atomic E-state index is 12.5. The summed E-state index contributed by atoms with van der Waals surface area (Å²) in [4.78, 5) is 33.2. The van der Waals surface area contributed by atoms with Crippen LogP contribution in [0.4, 0.5) is 5.69 Å². The Kier molecular flexibility index (Phi) is 6.06. The van der Waals surface area contributed by atoms with Gasteiger partial charge in [-0.15, -0.1) is 0 Å². The second kappa shape index (κ2) is 8.90. The van der Waals surface area contributed by atoms with E-state index >= 15 is 0 Å². The number of carbonyl (C=O) groups excluding carboxylic acids is 2. The predicted octanol–water partition coefficient (Wildman–Crippen LogP) is 3.62. The topological polar surface area (TPSA) is 65.5 Å². The summed E-state index contributed by atoms with van der Waals surface area (Å²) in [7, 11) is 0. The van der Waals surface area contributed by atoms with Crippen molar-refractivity contribution < 1.29 is 9.59 Å². The number of anilines is 1. The minimum atomic E-state index is -0.292. The Morgan fingerprint density at radius 3 is 2.40 bits per heavy atom. The van der Waals surface area contributed by atoms with Crippen LogP contribution in [0.15, 0.2) is 54.6 Å². The zero-order valence-corrected chi connectivity index (χ0v) is 17.7. The van der Waals surface area contributed by atoms with Gasteiger partial charge in [-0.1, -0.05) is 23.2 Å². The molecule has 0 atom stereocenters. The van der Waals surface area contributed by atoms with E-state index in [0.717, 1.165) is 24.2 Å². The number of halogens is 2. The van der Waals surface area contributed by atoms with Gasteiger partial charge in [0.25, 0.3) is 5.91 Å². The molecule has 0 bridgehead atoms. The van der Waals surface area contributed by atoms with Crippen molar-refractivity contribution in [1.82, 2.24) is 15.2 Å². The smallest absolute Gasteiger partial charge is 0.251 e. The van der Waals surface area contributed by atoms with Crippen LogP contribution in [0.25, 0.3) is 10.9 Å². The summed E-state index contributed by atoms with van der Waals surface area (Å²) in [6, 6.07) is 16.3. The molecule has 1 N–H and O–H groups in total. The van der Waals surface area contributed by atoms with Crippen LogP contribution in [0.2, 0.25) is 10.2 Å². The van der Waals surface area contributed by atoms with E-state index in [0.29, 0.717) is 34.3 Å². The fraction of sp³-hybridized carbons (Fsp3) is 0.227. The van der Waals surface area contributed by atoms with E-state index in [9.17, 15) is 9.59 Å². The average molecular weight is 443 g/mol. The Balaban J connectivity index is 1.30. The Morgan fingerprint density at radius 1 is 0.933 bits per heavy atom. The number of nitrogens with zero attached hydrogens (tertiary/aromatic N) is 3. The van der Waals surface area contributed by atoms with E-state index in [2.05, 4.69) is 15.2 Å². The lowest BCUT2D eigenvalue weighted by atomic mass is 10.1. The van der Waals surface area contributed by atoms with Crippen LogP contribution >= 0.6 is 23.2 Å². The summed E-state index contributed by atoms with van der Waals surface area (Å²) in [6.07, 6.45) is 0. The van der Waals surface area contributed by atoms with Crippen molar-refractivity contribution in [1.29, 1.82) is 0 Å². The van der Waals surface area contributed by atoms with Crippen molar-refractivity contribution >= 4 is 51.6 Å². The summed E-state index contributed by atoms with van der Waals surface area (Å²) in [6.45, 7) is 2.67. The number of carbonyl (C=O) groups is 2. The number of benzene rings is 2. The molecule has 0 unspecified atom stereocenters. The summed E-state index contributed by atoms with van der Waals surface area (Å²) >= 11 is 11.8. The third-order valence-electron chi connectivity index (χ3n) is 5.14. The highest BCUT2D eigenvalue weighted by atomic mass is 35.5. The zero-order chi connectivity index (χ0) is 21.1. The second-order valence-electron chi connectivity index (χ2n) is 7.07. The molecule has 8 heteroatoms. The van der Waals surface area contributed by atoms with Gasteiger partial charge in [0, 0.05) is 47.8 Å². The van der Waals surface area contributed by atoms with Crippen LogP contribution in [0, 0.1) is 0 Å². The Morgan fingerprint density at radius 2 is 1.67 bits per heavy atom. The van der Waals surface area contributed by atoms with E-state index < -0.39 is 0 Å². The molecule has 1 saturated heterocycles. The molecular weight excluding hydrogens is 423 g/mol. The number of pyridine rings is 1. The van der Waals surface area contributed by atoms with E-state index in [1.165, 1.54) is 0 Å². The van der Waals surface area contributed by atoms with Crippen LogP contribution in [0.3, 0.4) is 0 Å². The fourth-order valence-corrected chi connectivity index (χ4v) is 3.76. The highest BCUT2D eigenvalue weighted by molar-refractivity contribution is 6.30. The number of fused-ring (bicyclic) bond motifs is 1. The minimum Gasteiger partial charge on any atom is -0.368 e. The molecule has 2 aromatic carbocycles. The van der Waals surface area contributed by atoms with Crippen molar-refractivity contribution in [2.24, 2.45) is 0 Å². The molecule has 0 saturated carbocycles. The van der Waals surface area contributed by atoms with Gasteiger partial charge in [-0.25, -0.2) is 4.98 Å². The monoisotopic (exact) mass is 442 g/mol. The largest absolute Gasteiger partial charge is 0.368 e. The maximum atomic E-state index is 12.5. The number of aromatic nitrogens is 1. The molecule has 154 valence electrons. The first-order chi connectivity index (χ1) is 14.5. The van der Waals surface area contributed by atoms with E-state index in [1.807, 2.05) is 30.3 Å². The lowest BCUT2D eigenvalue weighted by molar-refractivity contribution is -0.130. The number of amides is 2. The minimum absolute atomic E-state index is 0.0311. The van der Waals surface area contributed by atoms with Gasteiger partial charge < -0.3 is 15.1 Å². The first-order valence-corrected chi connectivity index (χ1v) is 10.4. The molecular formula is C22H20Cl2N4O2. The van der Waals surface area contributed by atoms with Crippen LogP contribution in [0.5, 0.6) is 0 Å². The quantitative estimate of drug-likeness (QED) is 0.626. The number of hydrogen-bond donors (Lipinski definition) is 1. The molecule has 1 aliphatic rings. The standard InChI is InChI=1S/C22H20Cl2N4O2/c23-17-3-5-18(6-4-17)27-9-11-28(12-10-27)21(29)14-25-22(30)16-1-7-19-15(13-16)2-8-20(24)26-19/h1-8,13H,9-12,14H2,(H,25,30). The predicted molar refractivity (Wildman–Crippen MR) is 119 cm³/mol. The van der Waals surface area contributed by atoms with Gasteiger partial charge in [-0.3, -0.25) is 9.59 Å². The normalized spacial score (nSPS) is 14.1. The molecule has 4 rings (SSSR count). The summed E-state index contributed by atoms with van der Waals surface area (Å²) < 4.78 is 0. The molecule has 0 aliphatic carbocycles. The highest BCUT2D eigenvalue weighted by Gasteiger charge is 2.21. The van der Waals surface area contributed by atoms with Crippen LogP contribution in [0.1, 0.15) is 10.4 Å². The maximum Gasteiger partial charge on any atom is 0.251 e. The molecule has 1 aromatic heterocycles. The van der Waals surface area contributed by atoms with Gasteiger partial charge in [0.05, 0.1) is 12.1 Å². The number of nitrogens with one attached hydrogen (secondary N) is 1. The van der Waals surface area contributed by atoms with Crippen molar-refractivity contribution in [2.45, 2.75) is 0 Å².